The quantitative estimate of drug-likeness (QED) is 0.215. The van der Waals surface area contributed by atoms with Gasteiger partial charge < -0.3 is 23.7 Å². The number of hydrogen-bond donors (Lipinski definition) is 0. The summed E-state index contributed by atoms with van der Waals surface area (Å²) in [4.78, 5) is 11.6. The molecular formula is C25H30O6. The summed E-state index contributed by atoms with van der Waals surface area (Å²) in [6.45, 7) is 4.39. The molecule has 0 heterocycles. The van der Waals surface area contributed by atoms with Crippen molar-refractivity contribution in [1.82, 2.24) is 0 Å². The standard InChI is InChI=1S/C25H30O6/c1-18(2)6-13-23-21(12-9-19-7-10-20(11-8-19)25(26)29-5)14-22(30-16-27-3)15-24(23)31-17-28-4/h6-12,14-15H,13,16-17H2,1-5H3. The van der Waals surface area contributed by atoms with Gasteiger partial charge in [-0.3, -0.25) is 0 Å². The van der Waals surface area contributed by atoms with Crippen molar-refractivity contribution in [2.45, 2.75) is 20.3 Å². The van der Waals surface area contributed by atoms with E-state index in [2.05, 4.69) is 19.9 Å². The van der Waals surface area contributed by atoms with Crippen LogP contribution in [-0.2, 0) is 20.6 Å². The van der Waals surface area contributed by atoms with E-state index in [1.165, 1.54) is 12.7 Å². The third-order valence-electron chi connectivity index (χ3n) is 4.39. The maximum absolute atomic E-state index is 11.6. The normalized spacial score (nSPS) is 10.7. The van der Waals surface area contributed by atoms with Crippen molar-refractivity contribution < 1.29 is 28.5 Å². The van der Waals surface area contributed by atoms with E-state index >= 15 is 0 Å². The topological polar surface area (TPSA) is 63.2 Å². The Morgan fingerprint density at radius 1 is 0.903 bits per heavy atom. The summed E-state index contributed by atoms with van der Waals surface area (Å²) in [6.07, 6.45) is 6.82. The molecule has 0 fully saturated rings. The number of rotatable bonds is 11. The molecule has 0 aliphatic heterocycles. The zero-order chi connectivity index (χ0) is 22.6. The van der Waals surface area contributed by atoms with E-state index in [-0.39, 0.29) is 19.6 Å². The van der Waals surface area contributed by atoms with E-state index in [1.54, 1.807) is 26.4 Å². The summed E-state index contributed by atoms with van der Waals surface area (Å²) in [6, 6.07) is 11.0. The maximum Gasteiger partial charge on any atom is 0.337 e. The van der Waals surface area contributed by atoms with Crippen LogP contribution in [0.3, 0.4) is 0 Å². The molecule has 6 nitrogen and oxygen atoms in total. The molecule has 166 valence electrons. The number of allylic oxidation sites excluding steroid dienone is 2. The Hall–Kier alpha value is -3.09. The molecule has 0 saturated heterocycles. The second-order valence-electron chi connectivity index (χ2n) is 7.02. The van der Waals surface area contributed by atoms with E-state index in [9.17, 15) is 4.79 Å². The highest BCUT2D eigenvalue weighted by Crippen LogP contribution is 2.32. The van der Waals surface area contributed by atoms with Crippen LogP contribution >= 0.6 is 0 Å². The van der Waals surface area contributed by atoms with Crippen molar-refractivity contribution in [1.29, 1.82) is 0 Å². The van der Waals surface area contributed by atoms with Crippen LogP contribution in [0.4, 0.5) is 0 Å². The summed E-state index contributed by atoms with van der Waals surface area (Å²) in [7, 11) is 4.52. The summed E-state index contributed by atoms with van der Waals surface area (Å²) in [5, 5.41) is 0. The lowest BCUT2D eigenvalue weighted by Crippen LogP contribution is -2.05. The number of methoxy groups -OCH3 is 3. The Morgan fingerprint density at radius 3 is 2.19 bits per heavy atom. The summed E-state index contributed by atoms with van der Waals surface area (Å²) < 4.78 is 26.4. The Labute approximate surface area is 184 Å². The largest absolute Gasteiger partial charge is 0.467 e. The minimum atomic E-state index is -0.359. The predicted molar refractivity (Wildman–Crippen MR) is 121 cm³/mol. The fourth-order valence-corrected chi connectivity index (χ4v) is 2.81. The van der Waals surface area contributed by atoms with Crippen LogP contribution in [0.5, 0.6) is 11.5 Å². The molecule has 0 spiro atoms. The molecule has 0 aliphatic carbocycles. The number of benzene rings is 2. The van der Waals surface area contributed by atoms with Gasteiger partial charge in [-0.1, -0.05) is 35.9 Å². The Kier molecular flexibility index (Phi) is 9.81. The second kappa shape index (κ2) is 12.6. The van der Waals surface area contributed by atoms with Gasteiger partial charge in [-0.25, -0.2) is 4.79 Å². The zero-order valence-electron chi connectivity index (χ0n) is 18.8. The molecule has 0 bridgehead atoms. The first-order valence-corrected chi connectivity index (χ1v) is 9.88. The second-order valence-corrected chi connectivity index (χ2v) is 7.02. The van der Waals surface area contributed by atoms with Crippen LogP contribution < -0.4 is 9.47 Å². The lowest BCUT2D eigenvalue weighted by atomic mass is 10.00. The molecule has 0 amide bonds. The number of carbonyl (C=O) groups excluding carboxylic acids is 1. The summed E-state index contributed by atoms with van der Waals surface area (Å²) in [5.74, 6) is 0.964. The van der Waals surface area contributed by atoms with Crippen LogP contribution in [0.1, 0.15) is 40.9 Å². The maximum atomic E-state index is 11.6. The number of esters is 1. The molecule has 2 rings (SSSR count). The highest BCUT2D eigenvalue weighted by atomic mass is 16.7. The molecule has 0 aliphatic rings. The monoisotopic (exact) mass is 426 g/mol. The van der Waals surface area contributed by atoms with Gasteiger partial charge in [0.2, 0.25) is 0 Å². The molecule has 2 aromatic rings. The van der Waals surface area contributed by atoms with Crippen LogP contribution in [0.15, 0.2) is 48.0 Å². The molecular weight excluding hydrogens is 396 g/mol. The first-order chi connectivity index (χ1) is 15.0. The van der Waals surface area contributed by atoms with E-state index in [0.717, 1.165) is 16.7 Å². The zero-order valence-corrected chi connectivity index (χ0v) is 18.8. The van der Waals surface area contributed by atoms with Crippen LogP contribution in [0.25, 0.3) is 12.2 Å². The van der Waals surface area contributed by atoms with Gasteiger partial charge in [0, 0.05) is 25.8 Å². The van der Waals surface area contributed by atoms with Gasteiger partial charge in [0.25, 0.3) is 0 Å². The van der Waals surface area contributed by atoms with Crippen molar-refractivity contribution in [3.63, 3.8) is 0 Å². The highest BCUT2D eigenvalue weighted by molar-refractivity contribution is 5.89. The third-order valence-corrected chi connectivity index (χ3v) is 4.39. The summed E-state index contributed by atoms with van der Waals surface area (Å²) in [5.41, 5.74) is 4.64. The fraction of sp³-hybridized carbons (Fsp3) is 0.320. The molecule has 0 aromatic heterocycles. The minimum absolute atomic E-state index is 0.133. The molecule has 0 unspecified atom stereocenters. The molecule has 0 N–H and O–H groups in total. The van der Waals surface area contributed by atoms with Crippen molar-refractivity contribution in [3.8, 4) is 11.5 Å². The minimum Gasteiger partial charge on any atom is -0.467 e. The lowest BCUT2D eigenvalue weighted by molar-refractivity contribution is 0.0456. The van der Waals surface area contributed by atoms with E-state index < -0.39 is 0 Å². The summed E-state index contributed by atoms with van der Waals surface area (Å²) >= 11 is 0. The van der Waals surface area contributed by atoms with E-state index in [4.69, 9.17) is 23.7 Å². The van der Waals surface area contributed by atoms with Crippen LogP contribution in [0, 0.1) is 0 Å². The first kappa shape index (κ1) is 24.2. The first-order valence-electron chi connectivity index (χ1n) is 9.88. The smallest absolute Gasteiger partial charge is 0.337 e. The molecule has 0 radical (unpaired) electrons. The Balaban J connectivity index is 2.43. The van der Waals surface area contributed by atoms with E-state index in [1.807, 2.05) is 36.4 Å². The SMILES string of the molecule is COCOc1cc(C=Cc2ccc(C(=O)OC)cc2)c(CC=C(C)C)c(OCOC)c1. The average Bonchev–Trinajstić information content (AvgIpc) is 2.78. The molecule has 2 aromatic carbocycles. The number of carbonyl (C=O) groups is 1. The van der Waals surface area contributed by atoms with E-state index in [0.29, 0.717) is 23.5 Å². The number of ether oxygens (including phenoxy) is 5. The predicted octanol–water partition coefficient (Wildman–Crippen LogP) is 5.12. The van der Waals surface area contributed by atoms with Gasteiger partial charge in [-0.05, 0) is 49.6 Å². The molecule has 31 heavy (non-hydrogen) atoms. The van der Waals surface area contributed by atoms with Crippen molar-refractivity contribution >= 4 is 18.1 Å². The fourth-order valence-electron chi connectivity index (χ4n) is 2.81. The molecule has 0 saturated carbocycles. The molecule has 0 atom stereocenters. The van der Waals surface area contributed by atoms with Gasteiger partial charge >= 0.3 is 5.97 Å². The lowest BCUT2D eigenvalue weighted by Gasteiger charge is -2.16. The van der Waals surface area contributed by atoms with Gasteiger partial charge in [-0.15, -0.1) is 0 Å². The average molecular weight is 427 g/mol. The third kappa shape index (κ3) is 7.59. The Bertz CT molecular complexity index is 908. The molecule has 6 heteroatoms. The van der Waals surface area contributed by atoms with Gasteiger partial charge in [0.15, 0.2) is 13.6 Å². The van der Waals surface area contributed by atoms with Gasteiger partial charge in [0.1, 0.15) is 11.5 Å². The van der Waals surface area contributed by atoms with Crippen LogP contribution in [0.2, 0.25) is 0 Å². The van der Waals surface area contributed by atoms with Gasteiger partial charge in [0.05, 0.1) is 12.7 Å². The number of hydrogen-bond acceptors (Lipinski definition) is 6. The van der Waals surface area contributed by atoms with Gasteiger partial charge in [-0.2, -0.15) is 0 Å². The van der Waals surface area contributed by atoms with Crippen molar-refractivity contribution in [3.05, 3.63) is 70.3 Å². The van der Waals surface area contributed by atoms with Crippen molar-refractivity contribution in [2.75, 3.05) is 34.9 Å². The van der Waals surface area contributed by atoms with Crippen molar-refractivity contribution in [2.24, 2.45) is 0 Å². The highest BCUT2D eigenvalue weighted by Gasteiger charge is 2.12. The van der Waals surface area contributed by atoms with Crippen LogP contribution in [-0.4, -0.2) is 40.9 Å². The Morgan fingerprint density at radius 2 is 1.58 bits per heavy atom.